The second-order valence-electron chi connectivity index (χ2n) is 9.37. The first kappa shape index (κ1) is 30.6. The van der Waals surface area contributed by atoms with E-state index in [-0.39, 0.29) is 13.0 Å². The number of carbonyl (C=O) groups excluding carboxylic acids is 2. The molecule has 0 saturated heterocycles. The number of aliphatic carboxylic acids is 1. The zero-order valence-electron chi connectivity index (χ0n) is 22.0. The molecule has 11 heteroatoms. The Bertz CT molecular complexity index is 1320. The van der Waals surface area contributed by atoms with E-state index in [0.29, 0.717) is 5.56 Å². The van der Waals surface area contributed by atoms with Gasteiger partial charge in [-0.25, -0.2) is 9.59 Å². The maximum absolute atomic E-state index is 13.3. The number of amides is 2. The van der Waals surface area contributed by atoms with Crippen LogP contribution < -0.4 is 10.6 Å². The summed E-state index contributed by atoms with van der Waals surface area (Å²) in [4.78, 5) is 47.5. The molecule has 0 aliphatic carbocycles. The number of ether oxygens (including phenoxy) is 1. The number of alkyl carbamates (subject to hydrolysis) is 1. The van der Waals surface area contributed by atoms with E-state index < -0.39 is 55.9 Å². The lowest BCUT2D eigenvalue weighted by atomic mass is 9.97. The molecular formula is C29H33N2O8P. The van der Waals surface area contributed by atoms with E-state index in [9.17, 15) is 34.1 Å². The normalized spacial score (nSPS) is 14.7. The lowest BCUT2D eigenvalue weighted by Crippen LogP contribution is -2.47. The van der Waals surface area contributed by atoms with Crippen LogP contribution in [0.2, 0.25) is 0 Å². The summed E-state index contributed by atoms with van der Waals surface area (Å²) in [5, 5.41) is 23.2. The highest BCUT2D eigenvalue weighted by Gasteiger charge is 2.36. The maximum atomic E-state index is 13.3. The van der Waals surface area contributed by atoms with Crippen molar-refractivity contribution in [1.29, 1.82) is 0 Å². The third-order valence-electron chi connectivity index (χ3n) is 6.34. The Kier molecular flexibility index (Phi) is 11.0. The minimum absolute atomic E-state index is 0.0222. The quantitative estimate of drug-likeness (QED) is 0.195. The average Bonchev–Trinajstić information content (AvgIpc) is 2.95. The Morgan fingerprint density at radius 2 is 1.43 bits per heavy atom. The van der Waals surface area contributed by atoms with Gasteiger partial charge in [-0.05, 0) is 35.6 Å². The fraction of sp³-hybridized carbons (Fsp3) is 0.276. The molecule has 3 aromatic carbocycles. The molecule has 0 aliphatic heterocycles. The third-order valence-corrected chi connectivity index (χ3v) is 8.64. The number of rotatable bonds is 13. The molecule has 4 atom stereocenters. The SMILES string of the molecule is C[C@H](NC(=O)OCc1ccccc1)P(=O)(O)C[C@@H](Cc1ccc(-c2ccccc2)cc1)C(=O)N[C@@H](CO)C(=O)O. The van der Waals surface area contributed by atoms with Crippen molar-refractivity contribution in [3.8, 4) is 11.1 Å². The highest BCUT2D eigenvalue weighted by molar-refractivity contribution is 7.58. The Hall–Kier alpha value is -3.98. The van der Waals surface area contributed by atoms with E-state index in [2.05, 4.69) is 10.6 Å². The zero-order valence-corrected chi connectivity index (χ0v) is 22.9. The van der Waals surface area contributed by atoms with Gasteiger partial charge >= 0.3 is 12.1 Å². The van der Waals surface area contributed by atoms with Crippen LogP contribution in [0, 0.1) is 5.92 Å². The smallest absolute Gasteiger partial charge is 0.408 e. The molecule has 10 nitrogen and oxygen atoms in total. The molecule has 0 heterocycles. The highest BCUT2D eigenvalue weighted by Crippen LogP contribution is 2.47. The van der Waals surface area contributed by atoms with Gasteiger partial charge in [-0.1, -0.05) is 84.9 Å². The Morgan fingerprint density at radius 1 is 0.850 bits per heavy atom. The van der Waals surface area contributed by atoms with Gasteiger partial charge < -0.3 is 30.5 Å². The van der Waals surface area contributed by atoms with Crippen molar-refractivity contribution in [2.75, 3.05) is 12.8 Å². The molecule has 1 unspecified atom stereocenters. The number of carboxylic acids is 1. The molecule has 40 heavy (non-hydrogen) atoms. The van der Waals surface area contributed by atoms with E-state index in [1.165, 1.54) is 6.92 Å². The minimum atomic E-state index is -4.20. The van der Waals surface area contributed by atoms with Gasteiger partial charge in [0.1, 0.15) is 18.4 Å². The fourth-order valence-electron chi connectivity index (χ4n) is 3.97. The lowest BCUT2D eigenvalue weighted by Gasteiger charge is -2.25. The standard InChI is InChI=1S/C29H33N2O8P/c1-20(30-29(36)39-18-22-8-4-2-5-9-22)40(37,38)19-25(27(33)31-26(17-32)28(34)35)16-21-12-14-24(15-13-21)23-10-6-3-7-11-23/h2-15,20,25-26,32H,16-19H2,1H3,(H,30,36)(H,31,33)(H,34,35)(H,37,38)/t20-,25-,26+/m1/s1. The summed E-state index contributed by atoms with van der Waals surface area (Å²) in [7, 11) is -4.20. The van der Waals surface area contributed by atoms with Gasteiger partial charge in [-0.3, -0.25) is 9.36 Å². The molecule has 0 bridgehead atoms. The molecule has 0 radical (unpaired) electrons. The molecular weight excluding hydrogens is 535 g/mol. The van der Waals surface area contributed by atoms with E-state index in [1.807, 2.05) is 48.5 Å². The van der Waals surface area contributed by atoms with E-state index >= 15 is 0 Å². The molecule has 212 valence electrons. The van der Waals surface area contributed by atoms with Crippen LogP contribution in [0.4, 0.5) is 4.79 Å². The summed E-state index contributed by atoms with van der Waals surface area (Å²) in [5.74, 6) is -4.62. The number of benzene rings is 3. The number of hydrogen-bond acceptors (Lipinski definition) is 6. The van der Waals surface area contributed by atoms with Crippen molar-refractivity contribution in [2.45, 2.75) is 31.8 Å². The summed E-state index contributed by atoms with van der Waals surface area (Å²) in [6.07, 6.45) is -1.42. The van der Waals surface area contributed by atoms with Crippen molar-refractivity contribution in [3.63, 3.8) is 0 Å². The van der Waals surface area contributed by atoms with Gasteiger partial charge in [-0.2, -0.15) is 0 Å². The first-order valence-electron chi connectivity index (χ1n) is 12.7. The van der Waals surface area contributed by atoms with Crippen molar-refractivity contribution < 1.29 is 38.8 Å². The Morgan fingerprint density at radius 3 is 2.00 bits per heavy atom. The summed E-state index contributed by atoms with van der Waals surface area (Å²) in [6, 6.07) is 24.3. The second-order valence-corrected chi connectivity index (χ2v) is 12.0. The Balaban J connectivity index is 1.72. The van der Waals surface area contributed by atoms with Gasteiger partial charge in [0.15, 0.2) is 0 Å². The topological polar surface area (TPSA) is 162 Å². The predicted molar refractivity (Wildman–Crippen MR) is 150 cm³/mol. The number of carbonyl (C=O) groups is 3. The van der Waals surface area contributed by atoms with Crippen LogP contribution in [0.5, 0.6) is 0 Å². The van der Waals surface area contributed by atoms with Gasteiger partial charge in [0.2, 0.25) is 13.3 Å². The number of carboxylic acid groups (broad SMARTS) is 1. The molecule has 0 spiro atoms. The van der Waals surface area contributed by atoms with Crippen LogP contribution in [0.25, 0.3) is 11.1 Å². The lowest BCUT2D eigenvalue weighted by molar-refractivity contribution is -0.143. The van der Waals surface area contributed by atoms with Crippen LogP contribution in [0.15, 0.2) is 84.9 Å². The number of nitrogens with one attached hydrogen (secondary N) is 2. The number of aliphatic hydroxyl groups is 1. The summed E-state index contributed by atoms with van der Waals surface area (Å²) >= 11 is 0. The second kappa shape index (κ2) is 14.4. The van der Waals surface area contributed by atoms with Crippen molar-refractivity contribution >= 4 is 25.3 Å². The molecule has 2 amide bonds. The highest BCUT2D eigenvalue weighted by atomic mass is 31.2. The average molecular weight is 569 g/mol. The monoisotopic (exact) mass is 568 g/mol. The van der Waals surface area contributed by atoms with Crippen molar-refractivity contribution in [3.05, 3.63) is 96.1 Å². The summed E-state index contributed by atoms with van der Waals surface area (Å²) in [5.41, 5.74) is 3.36. The Labute approximate surface area is 232 Å². The molecule has 3 aromatic rings. The van der Waals surface area contributed by atoms with Crippen LogP contribution in [-0.2, 0) is 31.9 Å². The van der Waals surface area contributed by atoms with Crippen molar-refractivity contribution in [1.82, 2.24) is 10.6 Å². The van der Waals surface area contributed by atoms with Crippen LogP contribution >= 0.6 is 7.37 Å². The molecule has 0 saturated carbocycles. The van der Waals surface area contributed by atoms with Crippen LogP contribution in [0.3, 0.4) is 0 Å². The minimum Gasteiger partial charge on any atom is -0.480 e. The van der Waals surface area contributed by atoms with E-state index in [4.69, 9.17) is 4.74 Å². The van der Waals surface area contributed by atoms with Gasteiger partial charge in [0.05, 0.1) is 12.5 Å². The van der Waals surface area contributed by atoms with Crippen LogP contribution in [-0.4, -0.2) is 57.7 Å². The van der Waals surface area contributed by atoms with Gasteiger partial charge in [0, 0.05) is 6.16 Å². The molecule has 0 aromatic heterocycles. The van der Waals surface area contributed by atoms with Gasteiger partial charge in [0.25, 0.3) is 0 Å². The first-order valence-corrected chi connectivity index (χ1v) is 14.6. The van der Waals surface area contributed by atoms with E-state index in [0.717, 1.165) is 16.7 Å². The summed E-state index contributed by atoms with van der Waals surface area (Å²) < 4.78 is 18.4. The zero-order chi connectivity index (χ0) is 29.1. The largest absolute Gasteiger partial charge is 0.480 e. The molecule has 0 fully saturated rings. The summed E-state index contributed by atoms with van der Waals surface area (Å²) in [6.45, 7) is 0.459. The molecule has 0 aliphatic rings. The van der Waals surface area contributed by atoms with E-state index in [1.54, 1.807) is 36.4 Å². The molecule has 5 N–H and O–H groups in total. The number of hydrogen-bond donors (Lipinski definition) is 5. The first-order chi connectivity index (χ1) is 19.1. The predicted octanol–water partition coefficient (Wildman–Crippen LogP) is 3.62. The van der Waals surface area contributed by atoms with Crippen LogP contribution in [0.1, 0.15) is 18.1 Å². The van der Waals surface area contributed by atoms with Crippen molar-refractivity contribution in [2.24, 2.45) is 5.92 Å². The molecule has 3 rings (SSSR count). The maximum Gasteiger partial charge on any atom is 0.408 e. The fourth-order valence-corrected chi connectivity index (χ4v) is 5.52. The third kappa shape index (κ3) is 9.05. The number of aliphatic hydroxyl groups excluding tert-OH is 1. The van der Waals surface area contributed by atoms with Gasteiger partial charge in [-0.15, -0.1) is 0 Å².